The minimum absolute atomic E-state index is 0.317. The second-order valence-corrected chi connectivity index (χ2v) is 5.58. The molecule has 3 N–H and O–H groups in total. The lowest BCUT2D eigenvalue weighted by Crippen LogP contribution is -2.18. The van der Waals surface area contributed by atoms with E-state index in [-0.39, 0.29) is 0 Å². The molecule has 0 bridgehead atoms. The van der Waals surface area contributed by atoms with Crippen LogP contribution in [0.25, 0.3) is 0 Å². The normalized spacial score (nSPS) is 18.8. The Labute approximate surface area is 123 Å². The first-order chi connectivity index (χ1) is 10.3. The second-order valence-electron chi connectivity index (χ2n) is 5.58. The predicted octanol–water partition coefficient (Wildman–Crippen LogP) is 2.77. The second kappa shape index (κ2) is 4.97. The van der Waals surface area contributed by atoms with Crippen molar-refractivity contribution < 1.29 is 9.47 Å². The third-order valence-electron chi connectivity index (χ3n) is 4.26. The minimum atomic E-state index is 0.317. The maximum atomic E-state index is 5.85. The van der Waals surface area contributed by atoms with E-state index in [0.29, 0.717) is 12.8 Å². The number of hydrogen-bond acceptors (Lipinski definition) is 4. The summed E-state index contributed by atoms with van der Waals surface area (Å²) in [5.74, 6) is 1.72. The molecule has 1 atom stereocenters. The van der Waals surface area contributed by atoms with E-state index in [1.54, 1.807) is 0 Å². The summed E-state index contributed by atoms with van der Waals surface area (Å²) in [6, 6.07) is 12.6. The summed E-state index contributed by atoms with van der Waals surface area (Å²) in [5, 5.41) is 3.63. The first-order valence-electron chi connectivity index (χ1n) is 7.30. The molecule has 2 aliphatic rings. The molecule has 0 spiro atoms. The van der Waals surface area contributed by atoms with Gasteiger partial charge < -0.3 is 20.5 Å². The van der Waals surface area contributed by atoms with Crippen LogP contribution >= 0.6 is 0 Å². The topological polar surface area (TPSA) is 56.5 Å². The number of benzene rings is 2. The molecule has 2 aromatic rings. The average molecular weight is 282 g/mol. The highest BCUT2D eigenvalue weighted by molar-refractivity contribution is 5.49. The summed E-state index contributed by atoms with van der Waals surface area (Å²) in [6.45, 7) is 1.10. The largest absolute Gasteiger partial charge is 0.454 e. The number of nitrogens with one attached hydrogen (secondary N) is 1. The highest BCUT2D eigenvalue weighted by atomic mass is 16.7. The van der Waals surface area contributed by atoms with Gasteiger partial charge in [0.25, 0.3) is 0 Å². The van der Waals surface area contributed by atoms with Crippen LogP contribution in [0.4, 0.5) is 5.69 Å². The Balaban J connectivity index is 1.51. The van der Waals surface area contributed by atoms with Crippen molar-refractivity contribution in [3.63, 3.8) is 0 Å². The van der Waals surface area contributed by atoms with E-state index >= 15 is 0 Å². The Morgan fingerprint density at radius 2 is 2.14 bits per heavy atom. The van der Waals surface area contributed by atoms with E-state index in [0.717, 1.165) is 42.1 Å². The van der Waals surface area contributed by atoms with Crippen LogP contribution in [-0.2, 0) is 13.0 Å². The molecule has 0 aromatic heterocycles. The smallest absolute Gasteiger partial charge is 0.231 e. The van der Waals surface area contributed by atoms with Gasteiger partial charge in [0.15, 0.2) is 11.5 Å². The third-order valence-corrected chi connectivity index (χ3v) is 4.26. The van der Waals surface area contributed by atoms with E-state index < -0.39 is 0 Å². The number of fused-ring (bicyclic) bond motifs is 2. The van der Waals surface area contributed by atoms with Gasteiger partial charge in [-0.15, -0.1) is 0 Å². The lowest BCUT2D eigenvalue weighted by atomic mass is 10.1. The van der Waals surface area contributed by atoms with Crippen LogP contribution in [0.15, 0.2) is 36.4 Å². The van der Waals surface area contributed by atoms with Crippen molar-refractivity contribution in [2.75, 3.05) is 12.5 Å². The molecule has 4 nitrogen and oxygen atoms in total. The zero-order chi connectivity index (χ0) is 14.2. The van der Waals surface area contributed by atoms with Crippen LogP contribution in [0.1, 0.15) is 29.2 Å². The first kappa shape index (κ1) is 12.5. The molecular formula is C17H18N2O2. The molecular weight excluding hydrogens is 264 g/mol. The summed E-state index contributed by atoms with van der Waals surface area (Å²) in [7, 11) is 0. The summed E-state index contributed by atoms with van der Waals surface area (Å²) in [4.78, 5) is 0. The lowest BCUT2D eigenvalue weighted by molar-refractivity contribution is 0.173. The first-order valence-corrected chi connectivity index (χ1v) is 7.30. The molecule has 0 radical (unpaired) electrons. The maximum absolute atomic E-state index is 5.85. The zero-order valence-electron chi connectivity index (χ0n) is 11.8. The molecule has 4 rings (SSSR count). The van der Waals surface area contributed by atoms with E-state index in [9.17, 15) is 0 Å². The average Bonchev–Trinajstić information content (AvgIpc) is 3.11. The van der Waals surface area contributed by atoms with Crippen molar-refractivity contribution in [2.24, 2.45) is 0 Å². The van der Waals surface area contributed by atoms with E-state index in [4.69, 9.17) is 15.2 Å². The third kappa shape index (κ3) is 2.21. The van der Waals surface area contributed by atoms with Gasteiger partial charge >= 0.3 is 0 Å². The molecule has 21 heavy (non-hydrogen) atoms. The molecule has 1 aliphatic heterocycles. The van der Waals surface area contributed by atoms with Gasteiger partial charge in [-0.3, -0.25) is 0 Å². The highest BCUT2D eigenvalue weighted by Crippen LogP contribution is 2.37. The Kier molecular flexibility index (Phi) is 2.97. The van der Waals surface area contributed by atoms with Gasteiger partial charge in [-0.1, -0.05) is 18.2 Å². The van der Waals surface area contributed by atoms with Gasteiger partial charge in [-0.25, -0.2) is 0 Å². The SMILES string of the molecule is Nc1ccc2c(c1)CCC2NCc1cccc2c1OCO2. The van der Waals surface area contributed by atoms with Crippen molar-refractivity contribution in [2.45, 2.75) is 25.4 Å². The van der Waals surface area contributed by atoms with Crippen LogP contribution in [0.2, 0.25) is 0 Å². The van der Waals surface area contributed by atoms with Gasteiger partial charge in [0.05, 0.1) is 0 Å². The van der Waals surface area contributed by atoms with Crippen molar-refractivity contribution in [1.29, 1.82) is 0 Å². The molecule has 1 aliphatic carbocycles. The molecule has 1 unspecified atom stereocenters. The number of hydrogen-bond donors (Lipinski definition) is 2. The van der Waals surface area contributed by atoms with Crippen LogP contribution < -0.4 is 20.5 Å². The van der Waals surface area contributed by atoms with Crippen molar-refractivity contribution >= 4 is 5.69 Å². The van der Waals surface area contributed by atoms with Crippen LogP contribution in [0, 0.1) is 0 Å². The fourth-order valence-corrected chi connectivity index (χ4v) is 3.21. The van der Waals surface area contributed by atoms with Gasteiger partial charge in [-0.05, 0) is 42.2 Å². The van der Waals surface area contributed by atoms with E-state index in [1.807, 2.05) is 18.2 Å². The number of nitrogen functional groups attached to an aromatic ring is 1. The van der Waals surface area contributed by atoms with Crippen LogP contribution in [0.5, 0.6) is 11.5 Å². The number of rotatable bonds is 3. The Morgan fingerprint density at radius 1 is 1.19 bits per heavy atom. The van der Waals surface area contributed by atoms with Crippen molar-refractivity contribution in [3.8, 4) is 11.5 Å². The minimum Gasteiger partial charge on any atom is -0.454 e. The fraction of sp³-hybridized carbons (Fsp3) is 0.294. The zero-order valence-corrected chi connectivity index (χ0v) is 11.8. The van der Waals surface area contributed by atoms with Gasteiger partial charge in [-0.2, -0.15) is 0 Å². The number of para-hydroxylation sites is 1. The lowest BCUT2D eigenvalue weighted by Gasteiger charge is -2.15. The Hall–Kier alpha value is -2.20. The fourth-order valence-electron chi connectivity index (χ4n) is 3.21. The summed E-state index contributed by atoms with van der Waals surface area (Å²) in [5.41, 5.74) is 10.6. The van der Waals surface area contributed by atoms with E-state index in [1.165, 1.54) is 11.1 Å². The van der Waals surface area contributed by atoms with Crippen molar-refractivity contribution in [1.82, 2.24) is 5.32 Å². The molecule has 4 heteroatoms. The van der Waals surface area contributed by atoms with Crippen LogP contribution in [-0.4, -0.2) is 6.79 Å². The molecule has 0 saturated carbocycles. The Morgan fingerprint density at radius 3 is 3.10 bits per heavy atom. The highest BCUT2D eigenvalue weighted by Gasteiger charge is 2.23. The summed E-state index contributed by atoms with van der Waals surface area (Å²) >= 11 is 0. The quantitative estimate of drug-likeness (QED) is 0.850. The molecule has 2 aromatic carbocycles. The standard InChI is InChI=1S/C17H18N2O2/c18-13-5-6-14-11(8-13)4-7-15(14)19-9-12-2-1-3-16-17(12)21-10-20-16/h1-3,5-6,8,15,19H,4,7,9-10,18H2. The number of anilines is 1. The number of nitrogens with two attached hydrogens (primary N) is 1. The number of ether oxygens (including phenoxy) is 2. The summed E-state index contributed by atoms with van der Waals surface area (Å²) < 4.78 is 11.0. The molecule has 108 valence electrons. The van der Waals surface area contributed by atoms with Gasteiger partial charge in [0.2, 0.25) is 6.79 Å². The Bertz CT molecular complexity index is 684. The molecule has 0 amide bonds. The van der Waals surface area contributed by atoms with E-state index in [2.05, 4.69) is 23.5 Å². The predicted molar refractivity (Wildman–Crippen MR) is 81.3 cm³/mol. The van der Waals surface area contributed by atoms with Crippen molar-refractivity contribution in [3.05, 3.63) is 53.1 Å². The number of aryl methyl sites for hydroxylation is 1. The molecule has 0 saturated heterocycles. The maximum Gasteiger partial charge on any atom is 0.231 e. The monoisotopic (exact) mass is 282 g/mol. The molecule has 1 heterocycles. The summed E-state index contributed by atoms with van der Waals surface area (Å²) in [6.07, 6.45) is 2.20. The molecule has 0 fully saturated rings. The van der Waals surface area contributed by atoms with Gasteiger partial charge in [0, 0.05) is 23.8 Å². The van der Waals surface area contributed by atoms with Crippen LogP contribution in [0.3, 0.4) is 0 Å². The van der Waals surface area contributed by atoms with Gasteiger partial charge in [0.1, 0.15) is 0 Å².